The highest BCUT2D eigenvalue weighted by Crippen LogP contribution is 2.30. The summed E-state index contributed by atoms with van der Waals surface area (Å²) in [5.41, 5.74) is 1.22. The Morgan fingerprint density at radius 1 is 0.840 bits per heavy atom. The van der Waals surface area contributed by atoms with Crippen LogP contribution in [-0.4, -0.2) is 18.5 Å². The topological polar surface area (TPSA) is 18.5 Å². The van der Waals surface area contributed by atoms with Crippen molar-refractivity contribution >= 4 is 26.7 Å². The summed E-state index contributed by atoms with van der Waals surface area (Å²) in [5.74, 6) is 1.97. The van der Waals surface area contributed by atoms with Gasteiger partial charge in [0.05, 0.1) is 13.2 Å². The van der Waals surface area contributed by atoms with E-state index in [1.165, 1.54) is 48.4 Å². The Labute approximate surface area is 161 Å². The summed E-state index contributed by atoms with van der Waals surface area (Å²) < 4.78 is 11.9. The van der Waals surface area contributed by atoms with Gasteiger partial charge in [-0.25, -0.2) is 0 Å². The Kier molecular flexibility index (Phi) is 9.17. The Morgan fingerprint density at radius 3 is 2.40 bits per heavy atom. The van der Waals surface area contributed by atoms with Crippen molar-refractivity contribution in [2.45, 2.75) is 58.8 Å². The number of halogens is 1. The van der Waals surface area contributed by atoms with Crippen LogP contribution in [0.15, 0.2) is 30.3 Å². The van der Waals surface area contributed by atoms with Gasteiger partial charge in [-0.15, -0.1) is 0 Å². The fourth-order valence-corrected chi connectivity index (χ4v) is 3.36. The molecule has 2 nitrogen and oxygen atoms in total. The second-order valence-electron chi connectivity index (χ2n) is 6.58. The zero-order valence-corrected chi connectivity index (χ0v) is 17.2. The van der Waals surface area contributed by atoms with Gasteiger partial charge >= 0.3 is 0 Å². The third-order valence-electron chi connectivity index (χ3n) is 4.51. The minimum atomic E-state index is 0.799. The molecule has 0 aromatic heterocycles. The molecule has 0 heterocycles. The van der Waals surface area contributed by atoms with Gasteiger partial charge in [0.25, 0.3) is 0 Å². The first-order valence-electron chi connectivity index (χ1n) is 9.61. The molecule has 0 aliphatic rings. The third-order valence-corrected chi connectivity index (χ3v) is 5.07. The minimum absolute atomic E-state index is 0.799. The molecule has 0 radical (unpaired) electrons. The molecule has 0 saturated carbocycles. The van der Waals surface area contributed by atoms with Crippen molar-refractivity contribution in [3.63, 3.8) is 0 Å². The molecule has 2 aromatic rings. The van der Waals surface area contributed by atoms with Gasteiger partial charge in [-0.2, -0.15) is 0 Å². The van der Waals surface area contributed by atoms with Crippen LogP contribution in [0.4, 0.5) is 0 Å². The summed E-state index contributed by atoms with van der Waals surface area (Å²) in [6.07, 6.45) is 8.44. The quantitative estimate of drug-likeness (QED) is 0.277. The lowest BCUT2D eigenvalue weighted by atomic mass is 10.0. The zero-order valence-electron chi connectivity index (χ0n) is 15.7. The van der Waals surface area contributed by atoms with Gasteiger partial charge in [-0.05, 0) is 60.7 Å². The number of rotatable bonds is 12. The first kappa shape index (κ1) is 20.1. The fraction of sp³-hybridized carbons (Fsp3) is 0.545. The van der Waals surface area contributed by atoms with E-state index in [2.05, 4.69) is 60.1 Å². The lowest BCUT2D eigenvalue weighted by Gasteiger charge is -2.13. The van der Waals surface area contributed by atoms with E-state index in [-0.39, 0.29) is 0 Å². The molecule has 2 rings (SSSR count). The van der Waals surface area contributed by atoms with E-state index in [9.17, 15) is 0 Å². The Hall–Kier alpha value is -1.22. The van der Waals surface area contributed by atoms with Gasteiger partial charge < -0.3 is 9.47 Å². The maximum atomic E-state index is 6.00. The maximum absolute atomic E-state index is 6.00. The van der Waals surface area contributed by atoms with E-state index in [1.807, 2.05) is 0 Å². The number of unbranched alkanes of at least 4 members (excludes halogenated alkanes) is 5. The average molecular weight is 407 g/mol. The number of alkyl halides is 1. The second-order valence-corrected chi connectivity index (χ2v) is 7.37. The van der Waals surface area contributed by atoms with E-state index in [1.54, 1.807) is 0 Å². The summed E-state index contributed by atoms with van der Waals surface area (Å²) in [6, 6.07) is 10.6. The van der Waals surface area contributed by atoms with Crippen LogP contribution in [0.3, 0.4) is 0 Å². The Morgan fingerprint density at radius 2 is 1.60 bits per heavy atom. The average Bonchev–Trinajstić information content (AvgIpc) is 2.63. The highest BCUT2D eigenvalue weighted by Gasteiger charge is 2.06. The molecule has 0 N–H and O–H groups in total. The third kappa shape index (κ3) is 6.54. The first-order valence-corrected chi connectivity index (χ1v) is 10.7. The van der Waals surface area contributed by atoms with Crippen LogP contribution in [0.25, 0.3) is 10.8 Å². The fourth-order valence-electron chi connectivity index (χ4n) is 2.96. The van der Waals surface area contributed by atoms with Crippen LogP contribution < -0.4 is 9.47 Å². The Balaban J connectivity index is 1.92. The van der Waals surface area contributed by atoms with Crippen molar-refractivity contribution in [3.05, 3.63) is 35.9 Å². The van der Waals surface area contributed by atoms with E-state index >= 15 is 0 Å². The molecule has 0 amide bonds. The molecular weight excluding hydrogens is 376 g/mol. The van der Waals surface area contributed by atoms with E-state index < -0.39 is 0 Å². The number of benzene rings is 2. The molecule has 3 heteroatoms. The van der Waals surface area contributed by atoms with Crippen molar-refractivity contribution < 1.29 is 9.47 Å². The van der Waals surface area contributed by atoms with Gasteiger partial charge in [0.2, 0.25) is 0 Å². The van der Waals surface area contributed by atoms with Gasteiger partial charge in [-0.1, -0.05) is 60.7 Å². The van der Waals surface area contributed by atoms with Crippen molar-refractivity contribution in [1.82, 2.24) is 0 Å². The van der Waals surface area contributed by atoms with E-state index in [4.69, 9.17) is 9.47 Å². The van der Waals surface area contributed by atoms with Crippen molar-refractivity contribution in [2.24, 2.45) is 0 Å². The van der Waals surface area contributed by atoms with Crippen LogP contribution in [0, 0.1) is 6.92 Å². The smallest absolute Gasteiger partial charge is 0.122 e. The molecule has 0 aliphatic carbocycles. The highest BCUT2D eigenvalue weighted by molar-refractivity contribution is 9.09. The number of ether oxygens (including phenoxy) is 2. The molecule has 25 heavy (non-hydrogen) atoms. The molecule has 0 aliphatic heterocycles. The lowest BCUT2D eigenvalue weighted by molar-refractivity contribution is 0.303. The largest absolute Gasteiger partial charge is 0.494 e. The van der Waals surface area contributed by atoms with Crippen LogP contribution in [-0.2, 0) is 0 Å². The van der Waals surface area contributed by atoms with Gasteiger partial charge in [0.1, 0.15) is 11.5 Å². The SMILES string of the molecule is CCCCCOc1ccc2c(C)c(OCCCCCCBr)ccc2c1. The molecule has 0 spiro atoms. The summed E-state index contributed by atoms with van der Waals surface area (Å²) >= 11 is 3.47. The van der Waals surface area contributed by atoms with Crippen LogP contribution >= 0.6 is 15.9 Å². The number of hydrogen-bond acceptors (Lipinski definition) is 2. The molecule has 0 bridgehead atoms. The predicted molar refractivity (Wildman–Crippen MR) is 111 cm³/mol. The van der Waals surface area contributed by atoms with Crippen molar-refractivity contribution in [2.75, 3.05) is 18.5 Å². The Bertz CT molecular complexity index is 639. The second kappa shape index (κ2) is 11.4. The molecule has 0 unspecified atom stereocenters. The predicted octanol–water partition coefficient (Wildman–Crippen LogP) is 7.05. The lowest BCUT2D eigenvalue weighted by Crippen LogP contribution is -2.00. The van der Waals surface area contributed by atoms with Gasteiger partial charge in [0, 0.05) is 5.33 Å². The monoisotopic (exact) mass is 406 g/mol. The summed E-state index contributed by atoms with van der Waals surface area (Å²) in [7, 11) is 0. The summed E-state index contributed by atoms with van der Waals surface area (Å²) in [4.78, 5) is 0. The standard InChI is InChI=1S/C22H31BrO2/c1-3-4-8-15-24-20-11-12-21-18(2)22(13-10-19(21)17-20)25-16-9-6-5-7-14-23/h10-13,17H,3-9,14-16H2,1-2H3. The number of aryl methyl sites for hydroxylation is 1. The van der Waals surface area contributed by atoms with Gasteiger partial charge in [0.15, 0.2) is 0 Å². The van der Waals surface area contributed by atoms with Crippen LogP contribution in [0.1, 0.15) is 57.4 Å². The number of hydrogen-bond donors (Lipinski definition) is 0. The molecule has 2 aromatic carbocycles. The molecule has 0 atom stereocenters. The minimum Gasteiger partial charge on any atom is -0.494 e. The highest BCUT2D eigenvalue weighted by atomic mass is 79.9. The van der Waals surface area contributed by atoms with Crippen LogP contribution in [0.2, 0.25) is 0 Å². The normalized spacial score (nSPS) is 11.0. The van der Waals surface area contributed by atoms with Crippen molar-refractivity contribution in [1.29, 1.82) is 0 Å². The summed E-state index contributed by atoms with van der Waals surface area (Å²) in [6.45, 7) is 5.95. The van der Waals surface area contributed by atoms with E-state index in [0.717, 1.165) is 42.9 Å². The summed E-state index contributed by atoms with van der Waals surface area (Å²) in [5, 5.41) is 3.56. The first-order chi connectivity index (χ1) is 12.3. The zero-order chi connectivity index (χ0) is 17.9. The van der Waals surface area contributed by atoms with Gasteiger partial charge in [-0.3, -0.25) is 0 Å². The van der Waals surface area contributed by atoms with E-state index in [0.29, 0.717) is 0 Å². The molecule has 0 fully saturated rings. The molecule has 138 valence electrons. The number of fused-ring (bicyclic) bond motifs is 1. The molecular formula is C22H31BrO2. The molecule has 0 saturated heterocycles. The van der Waals surface area contributed by atoms with Crippen molar-refractivity contribution in [3.8, 4) is 11.5 Å². The van der Waals surface area contributed by atoms with Crippen LogP contribution in [0.5, 0.6) is 11.5 Å². The maximum Gasteiger partial charge on any atom is 0.122 e.